The number of amides is 2. The minimum Gasteiger partial charge on any atom is -0.325 e. The van der Waals surface area contributed by atoms with Crippen LogP contribution in [-0.2, 0) is 15.8 Å². The summed E-state index contributed by atoms with van der Waals surface area (Å²) >= 11 is 0. The standard InChI is InChI=1S/C28H36F3N3O2/c1-16-13-19-20-7-5-17(14-23(35)33-18-6-8-22(32-15-18)28(29,30)31)26(20,2)11-9-21(19)27(3)12-10-24(36)34(4)25(16)27/h6,8,15,17,19-21H,5,7,9-14H2,1-4H3,(H,33,35)/t17-,19+,20+,21+,26-,27-/m1/s1. The van der Waals surface area contributed by atoms with Gasteiger partial charge in [0.05, 0.1) is 11.9 Å². The molecule has 0 bridgehead atoms. The van der Waals surface area contributed by atoms with Gasteiger partial charge in [-0.2, -0.15) is 13.2 Å². The maximum absolute atomic E-state index is 12.9. The number of rotatable bonds is 3. The van der Waals surface area contributed by atoms with Crippen molar-refractivity contribution in [3.63, 3.8) is 0 Å². The molecule has 0 unspecified atom stereocenters. The van der Waals surface area contributed by atoms with Crippen LogP contribution in [0.15, 0.2) is 29.6 Å². The zero-order chi connectivity index (χ0) is 26.0. The summed E-state index contributed by atoms with van der Waals surface area (Å²) in [6.07, 6.45) is 3.76. The number of pyridine rings is 1. The maximum Gasteiger partial charge on any atom is 0.433 e. The number of nitrogens with zero attached hydrogens (tertiary/aromatic N) is 2. The quantitative estimate of drug-likeness (QED) is 0.518. The molecular formula is C28H36F3N3O2. The van der Waals surface area contributed by atoms with Crippen molar-refractivity contribution in [2.24, 2.45) is 34.5 Å². The first kappa shape index (κ1) is 25.3. The molecule has 0 spiro atoms. The lowest BCUT2D eigenvalue weighted by molar-refractivity contribution is -0.141. The van der Waals surface area contributed by atoms with Crippen LogP contribution in [0.5, 0.6) is 0 Å². The highest BCUT2D eigenvalue weighted by Crippen LogP contribution is 2.67. The summed E-state index contributed by atoms with van der Waals surface area (Å²) in [5.74, 6) is 1.96. The van der Waals surface area contributed by atoms with Crippen LogP contribution < -0.4 is 5.32 Å². The topological polar surface area (TPSA) is 62.3 Å². The third-order valence-electron chi connectivity index (χ3n) is 10.3. The van der Waals surface area contributed by atoms with Crippen LogP contribution in [0, 0.1) is 34.5 Å². The first-order chi connectivity index (χ1) is 16.8. The largest absolute Gasteiger partial charge is 0.433 e. The molecule has 36 heavy (non-hydrogen) atoms. The number of fused-ring (bicyclic) bond motifs is 5. The zero-order valence-corrected chi connectivity index (χ0v) is 21.5. The second-order valence-corrected chi connectivity index (χ2v) is 12.1. The molecule has 8 heteroatoms. The van der Waals surface area contributed by atoms with Crippen LogP contribution in [0.2, 0.25) is 0 Å². The second-order valence-electron chi connectivity index (χ2n) is 12.1. The monoisotopic (exact) mass is 503 g/mol. The van der Waals surface area contributed by atoms with Crippen molar-refractivity contribution >= 4 is 17.5 Å². The summed E-state index contributed by atoms with van der Waals surface area (Å²) in [6.45, 7) is 6.92. The summed E-state index contributed by atoms with van der Waals surface area (Å²) in [4.78, 5) is 30.7. The van der Waals surface area contributed by atoms with Gasteiger partial charge in [0.15, 0.2) is 0 Å². The van der Waals surface area contributed by atoms with Gasteiger partial charge >= 0.3 is 6.18 Å². The Balaban J connectivity index is 1.30. The third-order valence-corrected chi connectivity index (χ3v) is 10.3. The van der Waals surface area contributed by atoms with E-state index in [9.17, 15) is 22.8 Å². The number of aromatic nitrogens is 1. The molecule has 2 amide bonds. The molecule has 3 fully saturated rings. The van der Waals surface area contributed by atoms with Crippen molar-refractivity contribution in [1.82, 2.24) is 9.88 Å². The van der Waals surface area contributed by atoms with Crippen LogP contribution in [-0.4, -0.2) is 28.7 Å². The third kappa shape index (κ3) is 3.95. The predicted molar refractivity (Wildman–Crippen MR) is 130 cm³/mol. The van der Waals surface area contributed by atoms with Crippen LogP contribution in [0.25, 0.3) is 0 Å². The van der Waals surface area contributed by atoms with Crippen molar-refractivity contribution in [2.45, 2.75) is 78.3 Å². The van der Waals surface area contributed by atoms with Crippen molar-refractivity contribution in [3.05, 3.63) is 35.3 Å². The van der Waals surface area contributed by atoms with Crippen LogP contribution in [0.3, 0.4) is 0 Å². The second kappa shape index (κ2) is 8.59. The SMILES string of the molecule is CC1=C2N(C)C(=O)CC[C@]2(C)[C@H]2CC[C@]3(C)[C@@H](CC(=O)Nc4ccc(C(F)(F)F)nc4)CC[C@H]3[C@@H]2C1. The highest BCUT2D eigenvalue weighted by Gasteiger charge is 2.60. The summed E-state index contributed by atoms with van der Waals surface area (Å²) in [5.41, 5.74) is 2.02. The lowest BCUT2D eigenvalue weighted by atomic mass is 9.48. The molecule has 2 saturated carbocycles. The van der Waals surface area contributed by atoms with E-state index in [1.807, 2.05) is 11.9 Å². The number of nitrogens with one attached hydrogen (secondary N) is 1. The van der Waals surface area contributed by atoms with Gasteiger partial charge in [-0.25, -0.2) is 4.98 Å². The number of carbonyl (C=O) groups is 2. The van der Waals surface area contributed by atoms with Gasteiger partial charge in [0, 0.05) is 31.0 Å². The highest BCUT2D eigenvalue weighted by molar-refractivity contribution is 5.90. The Labute approximate surface area is 210 Å². The van der Waals surface area contributed by atoms with E-state index >= 15 is 0 Å². The number of alkyl halides is 3. The summed E-state index contributed by atoms with van der Waals surface area (Å²) in [7, 11) is 1.93. The molecule has 1 saturated heterocycles. The molecule has 3 aliphatic carbocycles. The number of anilines is 1. The predicted octanol–water partition coefficient (Wildman–Crippen LogP) is 6.42. The molecule has 6 atom stereocenters. The van der Waals surface area contributed by atoms with Crippen LogP contribution >= 0.6 is 0 Å². The van der Waals surface area contributed by atoms with Gasteiger partial charge in [-0.05, 0) is 86.7 Å². The van der Waals surface area contributed by atoms with Gasteiger partial charge in [-0.3, -0.25) is 9.59 Å². The Morgan fingerprint density at radius 3 is 2.58 bits per heavy atom. The number of piperidine rings is 1. The van der Waals surface area contributed by atoms with Gasteiger partial charge in [0.2, 0.25) is 11.8 Å². The normalized spacial score (nSPS) is 36.3. The smallest absolute Gasteiger partial charge is 0.325 e. The average Bonchev–Trinajstić information content (AvgIpc) is 3.12. The number of halogens is 3. The van der Waals surface area contributed by atoms with Crippen molar-refractivity contribution in [1.29, 1.82) is 0 Å². The zero-order valence-electron chi connectivity index (χ0n) is 21.5. The van der Waals surface area contributed by atoms with E-state index < -0.39 is 11.9 Å². The molecule has 1 aromatic heterocycles. The Hall–Kier alpha value is -2.38. The van der Waals surface area contributed by atoms with Gasteiger partial charge in [0.25, 0.3) is 0 Å². The lowest BCUT2D eigenvalue weighted by Gasteiger charge is -2.59. The molecule has 0 aromatic carbocycles. The number of hydrogen-bond acceptors (Lipinski definition) is 3. The van der Waals surface area contributed by atoms with Crippen molar-refractivity contribution in [3.8, 4) is 0 Å². The first-order valence-electron chi connectivity index (χ1n) is 13.1. The summed E-state index contributed by atoms with van der Waals surface area (Å²) in [6, 6.07) is 2.16. The van der Waals surface area contributed by atoms with Gasteiger partial charge in [-0.1, -0.05) is 19.4 Å². The number of likely N-dealkylation sites (tertiary alicyclic amines) is 1. The molecule has 5 nitrogen and oxygen atoms in total. The fourth-order valence-electron chi connectivity index (χ4n) is 8.62. The van der Waals surface area contributed by atoms with E-state index in [-0.39, 0.29) is 28.6 Å². The minimum absolute atomic E-state index is 0.0298. The first-order valence-corrected chi connectivity index (χ1v) is 13.1. The van der Waals surface area contributed by atoms with Crippen LogP contribution in [0.4, 0.5) is 18.9 Å². The Bertz CT molecular complexity index is 1100. The molecule has 1 aromatic rings. The molecule has 1 N–H and O–H groups in total. The van der Waals surface area contributed by atoms with Gasteiger partial charge in [-0.15, -0.1) is 0 Å². The number of allylic oxidation sites excluding steroid dienone is 2. The number of hydrogen-bond donors (Lipinski definition) is 1. The molecule has 1 aliphatic heterocycles. The Morgan fingerprint density at radius 2 is 1.92 bits per heavy atom. The van der Waals surface area contributed by atoms with Crippen LogP contribution in [0.1, 0.15) is 77.8 Å². The highest BCUT2D eigenvalue weighted by atomic mass is 19.4. The van der Waals surface area contributed by atoms with E-state index in [0.29, 0.717) is 36.3 Å². The maximum atomic E-state index is 12.9. The van der Waals surface area contributed by atoms with Gasteiger partial charge in [0.1, 0.15) is 5.69 Å². The average molecular weight is 504 g/mol. The Kier molecular flexibility index (Phi) is 6.03. The minimum atomic E-state index is -4.50. The van der Waals surface area contributed by atoms with E-state index in [0.717, 1.165) is 50.8 Å². The molecule has 2 heterocycles. The van der Waals surface area contributed by atoms with E-state index in [4.69, 9.17) is 0 Å². The van der Waals surface area contributed by atoms with Crippen molar-refractivity contribution in [2.75, 3.05) is 12.4 Å². The fraction of sp³-hybridized carbons (Fsp3) is 0.679. The molecule has 4 aliphatic rings. The van der Waals surface area contributed by atoms with Gasteiger partial charge < -0.3 is 10.2 Å². The Morgan fingerprint density at radius 1 is 1.17 bits per heavy atom. The fourth-order valence-corrected chi connectivity index (χ4v) is 8.62. The summed E-state index contributed by atoms with van der Waals surface area (Å²) < 4.78 is 38.3. The number of carbonyl (C=O) groups excluding carboxylic acids is 2. The van der Waals surface area contributed by atoms with Crippen molar-refractivity contribution < 1.29 is 22.8 Å². The van der Waals surface area contributed by atoms with E-state index in [1.54, 1.807) is 0 Å². The van der Waals surface area contributed by atoms with E-state index in [2.05, 4.69) is 31.1 Å². The summed E-state index contributed by atoms with van der Waals surface area (Å²) in [5, 5.41) is 2.76. The lowest BCUT2D eigenvalue weighted by Crippen LogP contribution is -2.54. The van der Waals surface area contributed by atoms with E-state index in [1.165, 1.54) is 17.3 Å². The molecule has 196 valence electrons. The molecule has 5 rings (SSSR count). The molecule has 0 radical (unpaired) electrons. The molecular weight excluding hydrogens is 467 g/mol.